The second kappa shape index (κ2) is 3.23. The van der Waals surface area contributed by atoms with Crippen LogP contribution in [0.5, 0.6) is 0 Å². The Morgan fingerprint density at radius 1 is 1.27 bits per heavy atom. The molecular formula is C7H7N3O5. The molecule has 5 amide bonds. The molecule has 2 rings (SSSR count). The van der Waals surface area contributed by atoms with E-state index < -0.39 is 30.2 Å². The molecule has 2 N–H and O–H groups in total. The second-order valence-corrected chi connectivity index (χ2v) is 2.99. The van der Waals surface area contributed by atoms with Crippen LogP contribution < -0.4 is 10.6 Å². The topological polar surface area (TPSA) is 105 Å². The molecule has 2 aliphatic heterocycles. The first-order valence-electron chi connectivity index (χ1n) is 4.21. The molecule has 2 fully saturated rings. The van der Waals surface area contributed by atoms with Crippen molar-refractivity contribution in [3.8, 4) is 0 Å². The van der Waals surface area contributed by atoms with E-state index >= 15 is 0 Å². The fraction of sp³-hybridized carbons (Fsp3) is 0.429. The summed E-state index contributed by atoms with van der Waals surface area (Å²) in [5.74, 6) is -1.36. The lowest BCUT2D eigenvalue weighted by molar-refractivity contribution is -0.144. The van der Waals surface area contributed by atoms with Crippen molar-refractivity contribution in [3.63, 3.8) is 0 Å². The lowest BCUT2D eigenvalue weighted by Gasteiger charge is -2.27. The summed E-state index contributed by atoms with van der Waals surface area (Å²) < 4.78 is 4.50. The molecule has 15 heavy (non-hydrogen) atoms. The van der Waals surface area contributed by atoms with Crippen LogP contribution in [-0.2, 0) is 14.3 Å². The predicted octanol–water partition coefficient (Wildman–Crippen LogP) is -1.48. The van der Waals surface area contributed by atoms with E-state index in [0.29, 0.717) is 4.90 Å². The SMILES string of the molecule is O=C1NC(=O)C(N2C(=O)CCNC2=O)O1. The lowest BCUT2D eigenvalue weighted by Crippen LogP contribution is -2.56. The van der Waals surface area contributed by atoms with Crippen molar-refractivity contribution in [1.82, 2.24) is 15.5 Å². The van der Waals surface area contributed by atoms with Crippen LogP contribution in [0.4, 0.5) is 9.59 Å². The van der Waals surface area contributed by atoms with Gasteiger partial charge in [-0.1, -0.05) is 0 Å². The van der Waals surface area contributed by atoms with Crippen LogP contribution in [0, 0.1) is 0 Å². The number of cyclic esters (lactones) is 1. The van der Waals surface area contributed by atoms with E-state index in [1.807, 2.05) is 5.32 Å². The van der Waals surface area contributed by atoms with Crippen LogP contribution in [0.2, 0.25) is 0 Å². The maximum Gasteiger partial charge on any atom is 0.416 e. The maximum absolute atomic E-state index is 11.3. The molecule has 0 aliphatic carbocycles. The molecule has 2 heterocycles. The number of hydrogen-bond donors (Lipinski definition) is 2. The molecule has 8 nitrogen and oxygen atoms in total. The minimum absolute atomic E-state index is 0.0765. The molecule has 1 unspecified atom stereocenters. The second-order valence-electron chi connectivity index (χ2n) is 2.99. The molecule has 2 aliphatic rings. The highest BCUT2D eigenvalue weighted by atomic mass is 16.6. The molecule has 2 saturated heterocycles. The van der Waals surface area contributed by atoms with Gasteiger partial charge in [-0.25, -0.2) is 14.5 Å². The number of hydrogen-bond acceptors (Lipinski definition) is 5. The van der Waals surface area contributed by atoms with Crippen LogP contribution in [0.25, 0.3) is 0 Å². The van der Waals surface area contributed by atoms with Gasteiger partial charge in [0.1, 0.15) is 0 Å². The monoisotopic (exact) mass is 213 g/mol. The van der Waals surface area contributed by atoms with E-state index in [1.54, 1.807) is 0 Å². The summed E-state index contributed by atoms with van der Waals surface area (Å²) in [5, 5.41) is 4.20. The zero-order valence-electron chi connectivity index (χ0n) is 7.48. The van der Waals surface area contributed by atoms with Crippen LogP contribution in [0.1, 0.15) is 6.42 Å². The van der Waals surface area contributed by atoms with E-state index in [9.17, 15) is 19.2 Å². The van der Waals surface area contributed by atoms with Crippen molar-refractivity contribution in [2.45, 2.75) is 12.6 Å². The summed E-state index contributed by atoms with van der Waals surface area (Å²) in [4.78, 5) is 45.0. The quantitative estimate of drug-likeness (QED) is 0.552. The Morgan fingerprint density at radius 2 is 2.00 bits per heavy atom. The van der Waals surface area contributed by atoms with E-state index in [4.69, 9.17) is 0 Å². The molecule has 1 atom stereocenters. The fourth-order valence-corrected chi connectivity index (χ4v) is 1.35. The smallest absolute Gasteiger partial charge is 0.415 e. The van der Waals surface area contributed by atoms with E-state index in [2.05, 4.69) is 10.1 Å². The molecule has 0 aromatic rings. The van der Waals surface area contributed by atoms with Crippen molar-refractivity contribution in [2.24, 2.45) is 0 Å². The Labute approximate surface area is 83.5 Å². The van der Waals surface area contributed by atoms with Crippen molar-refractivity contribution in [3.05, 3.63) is 0 Å². The van der Waals surface area contributed by atoms with Crippen molar-refractivity contribution < 1.29 is 23.9 Å². The van der Waals surface area contributed by atoms with Gasteiger partial charge >= 0.3 is 12.1 Å². The first-order chi connectivity index (χ1) is 7.09. The maximum atomic E-state index is 11.3. The van der Waals surface area contributed by atoms with Crippen molar-refractivity contribution >= 4 is 23.9 Å². The Bertz CT molecular complexity index is 350. The van der Waals surface area contributed by atoms with Crippen LogP contribution >= 0.6 is 0 Å². The summed E-state index contributed by atoms with van der Waals surface area (Å²) in [6.07, 6.45) is -2.37. The molecule has 0 spiro atoms. The van der Waals surface area contributed by atoms with E-state index in [0.717, 1.165) is 0 Å². The normalized spacial score (nSPS) is 26.1. The lowest BCUT2D eigenvalue weighted by atomic mass is 10.3. The summed E-state index contributed by atoms with van der Waals surface area (Å²) >= 11 is 0. The van der Waals surface area contributed by atoms with Gasteiger partial charge < -0.3 is 10.1 Å². The predicted molar refractivity (Wildman–Crippen MR) is 43.3 cm³/mol. The minimum Gasteiger partial charge on any atom is -0.415 e. The molecule has 8 heteroatoms. The minimum atomic E-state index is -1.48. The van der Waals surface area contributed by atoms with E-state index in [1.165, 1.54) is 0 Å². The standard InChI is InChI=1S/C7H7N3O5/c11-3-1-2-8-6(13)10(3)5-4(12)9-7(14)15-5/h5H,1-2H2,(H,8,13)(H,9,12,14). The first-order valence-corrected chi connectivity index (χ1v) is 4.21. The third-order valence-corrected chi connectivity index (χ3v) is 2.01. The summed E-state index contributed by atoms with van der Waals surface area (Å²) in [6, 6.07) is -0.735. The van der Waals surface area contributed by atoms with Gasteiger partial charge in [-0.3, -0.25) is 14.9 Å². The number of rotatable bonds is 1. The molecule has 0 bridgehead atoms. The van der Waals surface area contributed by atoms with Gasteiger partial charge in [0, 0.05) is 13.0 Å². The van der Waals surface area contributed by atoms with Crippen molar-refractivity contribution in [2.75, 3.05) is 6.54 Å². The Balaban J connectivity index is 2.21. The van der Waals surface area contributed by atoms with Gasteiger partial charge in [-0.2, -0.15) is 0 Å². The number of imide groups is 2. The van der Waals surface area contributed by atoms with Gasteiger partial charge in [0.25, 0.3) is 12.1 Å². The third-order valence-electron chi connectivity index (χ3n) is 2.01. The molecule has 0 aromatic heterocycles. The highest BCUT2D eigenvalue weighted by molar-refractivity contribution is 6.06. The van der Waals surface area contributed by atoms with Gasteiger partial charge in [0.05, 0.1) is 0 Å². The molecular weight excluding hydrogens is 206 g/mol. The van der Waals surface area contributed by atoms with Crippen LogP contribution in [-0.4, -0.2) is 41.6 Å². The number of ether oxygens (including phenoxy) is 1. The van der Waals surface area contributed by atoms with Gasteiger partial charge in [-0.15, -0.1) is 0 Å². The van der Waals surface area contributed by atoms with Crippen LogP contribution in [0.15, 0.2) is 0 Å². The van der Waals surface area contributed by atoms with Crippen molar-refractivity contribution in [1.29, 1.82) is 0 Å². The first kappa shape index (κ1) is 9.44. The molecule has 0 radical (unpaired) electrons. The summed E-state index contributed by atoms with van der Waals surface area (Å²) in [6.45, 7) is 0.219. The number of amides is 5. The Morgan fingerprint density at radius 3 is 2.53 bits per heavy atom. The van der Waals surface area contributed by atoms with Crippen LogP contribution in [0.3, 0.4) is 0 Å². The molecule has 0 saturated carbocycles. The number of nitrogens with zero attached hydrogens (tertiary/aromatic N) is 1. The van der Waals surface area contributed by atoms with Gasteiger partial charge in [0.2, 0.25) is 5.91 Å². The number of alkyl carbamates (subject to hydrolysis) is 1. The van der Waals surface area contributed by atoms with E-state index in [-0.39, 0.29) is 13.0 Å². The number of nitrogens with one attached hydrogen (secondary N) is 2. The highest BCUT2D eigenvalue weighted by Crippen LogP contribution is 2.12. The summed E-state index contributed by atoms with van der Waals surface area (Å²) in [7, 11) is 0. The van der Waals surface area contributed by atoms with Gasteiger partial charge in [0.15, 0.2) is 0 Å². The van der Waals surface area contributed by atoms with Gasteiger partial charge in [-0.05, 0) is 0 Å². The molecule has 80 valence electrons. The summed E-state index contributed by atoms with van der Waals surface area (Å²) in [5.41, 5.74) is 0. The highest BCUT2D eigenvalue weighted by Gasteiger charge is 2.44. The number of carbonyl (C=O) groups is 4. The number of urea groups is 1. The third kappa shape index (κ3) is 1.49. The zero-order valence-corrected chi connectivity index (χ0v) is 7.48. The molecule has 0 aromatic carbocycles. The Hall–Kier alpha value is -2.12. The average molecular weight is 213 g/mol. The fourth-order valence-electron chi connectivity index (χ4n) is 1.35. The number of carbonyl (C=O) groups excluding carboxylic acids is 4. The average Bonchev–Trinajstić information content (AvgIpc) is 2.45. The largest absolute Gasteiger partial charge is 0.416 e. The zero-order chi connectivity index (χ0) is 11.0. The Kier molecular flexibility index (Phi) is 2.03.